The second kappa shape index (κ2) is 7.21. The molecule has 0 bridgehead atoms. The summed E-state index contributed by atoms with van der Waals surface area (Å²) in [7, 11) is 1.59. The number of carbonyl (C=O) groups is 1. The van der Waals surface area contributed by atoms with E-state index in [4.69, 9.17) is 9.47 Å². The highest BCUT2D eigenvalue weighted by atomic mass is 16.5. The van der Waals surface area contributed by atoms with E-state index in [1.807, 2.05) is 25.1 Å². The number of nitrogens with zero attached hydrogens (tertiary/aromatic N) is 1. The van der Waals surface area contributed by atoms with Gasteiger partial charge in [0, 0.05) is 19.9 Å². The maximum Gasteiger partial charge on any atom is 0.252 e. The molecule has 0 aromatic carbocycles. The summed E-state index contributed by atoms with van der Waals surface area (Å²) in [4.78, 5) is 16.4. The summed E-state index contributed by atoms with van der Waals surface area (Å²) in [5.41, 5.74) is -0.0970. The second-order valence-electron chi connectivity index (χ2n) is 4.68. The standard InChI is InChI=1S/C14H22N2O3/c1-5-19-14(2,3)13(17)16-12(10-18-4)11-8-6-7-9-15-11/h6-9,12H,5,10H2,1-4H3,(H,16,17)/t12-/m0/s1. The lowest BCUT2D eigenvalue weighted by Gasteiger charge is -2.26. The molecule has 0 radical (unpaired) electrons. The number of amides is 1. The molecule has 5 heteroatoms. The first-order chi connectivity index (χ1) is 9.01. The van der Waals surface area contributed by atoms with Gasteiger partial charge in [0.1, 0.15) is 5.60 Å². The monoisotopic (exact) mass is 266 g/mol. The van der Waals surface area contributed by atoms with Crippen LogP contribution in [0.2, 0.25) is 0 Å². The van der Waals surface area contributed by atoms with Gasteiger partial charge in [-0.2, -0.15) is 0 Å². The maximum absolute atomic E-state index is 12.2. The molecule has 0 aliphatic carbocycles. The number of carbonyl (C=O) groups excluding carboxylic acids is 1. The van der Waals surface area contributed by atoms with Gasteiger partial charge in [0.05, 0.1) is 18.3 Å². The number of methoxy groups -OCH3 is 1. The molecule has 0 saturated carbocycles. The van der Waals surface area contributed by atoms with Crippen molar-refractivity contribution in [1.82, 2.24) is 10.3 Å². The van der Waals surface area contributed by atoms with Crippen LogP contribution in [0.25, 0.3) is 0 Å². The summed E-state index contributed by atoms with van der Waals surface area (Å²) in [6.07, 6.45) is 1.69. The van der Waals surface area contributed by atoms with Crippen LogP contribution in [-0.4, -0.2) is 36.8 Å². The van der Waals surface area contributed by atoms with Gasteiger partial charge in [0.2, 0.25) is 0 Å². The number of hydrogen-bond donors (Lipinski definition) is 1. The molecule has 0 aliphatic heterocycles. The van der Waals surface area contributed by atoms with E-state index in [1.165, 1.54) is 0 Å². The van der Waals surface area contributed by atoms with Crippen LogP contribution in [0.4, 0.5) is 0 Å². The zero-order chi connectivity index (χ0) is 14.3. The van der Waals surface area contributed by atoms with E-state index in [0.717, 1.165) is 5.69 Å². The minimum Gasteiger partial charge on any atom is -0.382 e. The normalized spacial score (nSPS) is 13.1. The van der Waals surface area contributed by atoms with Crippen LogP contribution in [0.1, 0.15) is 32.5 Å². The number of nitrogens with one attached hydrogen (secondary N) is 1. The van der Waals surface area contributed by atoms with Gasteiger partial charge in [0.25, 0.3) is 5.91 Å². The van der Waals surface area contributed by atoms with Crippen LogP contribution in [0, 0.1) is 0 Å². The Morgan fingerprint density at radius 3 is 2.74 bits per heavy atom. The Balaban J connectivity index is 2.77. The molecule has 5 nitrogen and oxygen atoms in total. The number of rotatable bonds is 7. The second-order valence-corrected chi connectivity index (χ2v) is 4.68. The van der Waals surface area contributed by atoms with Crippen molar-refractivity contribution in [1.29, 1.82) is 0 Å². The molecular weight excluding hydrogens is 244 g/mol. The topological polar surface area (TPSA) is 60.5 Å². The summed E-state index contributed by atoms with van der Waals surface area (Å²) in [6.45, 7) is 6.20. The van der Waals surface area contributed by atoms with Crippen LogP contribution >= 0.6 is 0 Å². The molecule has 19 heavy (non-hydrogen) atoms. The first-order valence-electron chi connectivity index (χ1n) is 6.36. The molecule has 0 aliphatic rings. The van der Waals surface area contributed by atoms with Crippen LogP contribution in [0.3, 0.4) is 0 Å². The molecule has 1 rings (SSSR count). The first-order valence-corrected chi connectivity index (χ1v) is 6.36. The Bertz CT molecular complexity index is 393. The van der Waals surface area contributed by atoms with Gasteiger partial charge >= 0.3 is 0 Å². The van der Waals surface area contributed by atoms with Crippen LogP contribution in [0.5, 0.6) is 0 Å². The van der Waals surface area contributed by atoms with Gasteiger partial charge < -0.3 is 14.8 Å². The molecule has 0 unspecified atom stereocenters. The number of hydrogen-bond acceptors (Lipinski definition) is 4. The van der Waals surface area contributed by atoms with E-state index in [2.05, 4.69) is 10.3 Å². The zero-order valence-electron chi connectivity index (χ0n) is 12.0. The quantitative estimate of drug-likeness (QED) is 0.816. The Morgan fingerprint density at radius 1 is 1.47 bits per heavy atom. The predicted octanol–water partition coefficient (Wildman–Crippen LogP) is 1.70. The number of ether oxygens (including phenoxy) is 2. The number of aromatic nitrogens is 1. The van der Waals surface area contributed by atoms with Crippen molar-refractivity contribution in [3.05, 3.63) is 30.1 Å². The van der Waals surface area contributed by atoms with Crippen molar-refractivity contribution in [2.75, 3.05) is 20.3 Å². The third kappa shape index (κ3) is 4.61. The van der Waals surface area contributed by atoms with Crippen molar-refractivity contribution in [2.45, 2.75) is 32.4 Å². The van der Waals surface area contributed by atoms with Gasteiger partial charge in [-0.15, -0.1) is 0 Å². The molecule has 106 valence electrons. The van der Waals surface area contributed by atoms with E-state index < -0.39 is 5.60 Å². The summed E-state index contributed by atoms with van der Waals surface area (Å²) >= 11 is 0. The average Bonchev–Trinajstić information content (AvgIpc) is 2.39. The Labute approximate surface area is 114 Å². The summed E-state index contributed by atoms with van der Waals surface area (Å²) in [5, 5.41) is 2.91. The van der Waals surface area contributed by atoms with Crippen molar-refractivity contribution in [3.8, 4) is 0 Å². The summed E-state index contributed by atoms with van der Waals surface area (Å²) in [6, 6.07) is 5.29. The van der Waals surface area contributed by atoms with Crippen molar-refractivity contribution < 1.29 is 14.3 Å². The van der Waals surface area contributed by atoms with E-state index in [9.17, 15) is 4.79 Å². The van der Waals surface area contributed by atoms with Crippen LogP contribution in [0.15, 0.2) is 24.4 Å². The van der Waals surface area contributed by atoms with Gasteiger partial charge in [-0.05, 0) is 32.9 Å². The highest BCUT2D eigenvalue weighted by Gasteiger charge is 2.30. The minimum atomic E-state index is -0.866. The molecule has 1 heterocycles. The van der Waals surface area contributed by atoms with E-state index in [0.29, 0.717) is 13.2 Å². The minimum absolute atomic E-state index is 0.179. The zero-order valence-corrected chi connectivity index (χ0v) is 12.0. The lowest BCUT2D eigenvalue weighted by molar-refractivity contribution is -0.143. The third-order valence-electron chi connectivity index (χ3n) is 2.74. The van der Waals surface area contributed by atoms with Crippen molar-refractivity contribution >= 4 is 5.91 Å². The van der Waals surface area contributed by atoms with E-state index in [-0.39, 0.29) is 11.9 Å². The molecule has 1 N–H and O–H groups in total. The van der Waals surface area contributed by atoms with Gasteiger partial charge in [-0.25, -0.2) is 0 Å². The lowest BCUT2D eigenvalue weighted by atomic mass is 10.1. The molecule has 1 aromatic rings. The Hall–Kier alpha value is -1.46. The molecule has 1 atom stereocenters. The molecule has 1 aromatic heterocycles. The van der Waals surface area contributed by atoms with Gasteiger partial charge in [-0.1, -0.05) is 6.07 Å². The first kappa shape index (κ1) is 15.6. The average molecular weight is 266 g/mol. The fraction of sp³-hybridized carbons (Fsp3) is 0.571. The fourth-order valence-corrected chi connectivity index (χ4v) is 1.71. The lowest BCUT2D eigenvalue weighted by Crippen LogP contribution is -2.46. The highest BCUT2D eigenvalue weighted by molar-refractivity contribution is 5.84. The van der Waals surface area contributed by atoms with E-state index >= 15 is 0 Å². The highest BCUT2D eigenvalue weighted by Crippen LogP contribution is 2.14. The van der Waals surface area contributed by atoms with Gasteiger partial charge in [0.15, 0.2) is 0 Å². The summed E-state index contributed by atoms with van der Waals surface area (Å²) in [5.74, 6) is -0.179. The Kier molecular flexibility index (Phi) is 5.92. The number of pyridine rings is 1. The fourth-order valence-electron chi connectivity index (χ4n) is 1.71. The molecule has 0 saturated heterocycles. The van der Waals surface area contributed by atoms with Crippen molar-refractivity contribution in [3.63, 3.8) is 0 Å². The predicted molar refractivity (Wildman–Crippen MR) is 72.7 cm³/mol. The Morgan fingerprint density at radius 2 is 2.21 bits per heavy atom. The molecular formula is C14H22N2O3. The van der Waals surface area contributed by atoms with Crippen LogP contribution in [-0.2, 0) is 14.3 Å². The summed E-state index contributed by atoms with van der Waals surface area (Å²) < 4.78 is 10.6. The smallest absolute Gasteiger partial charge is 0.252 e. The van der Waals surface area contributed by atoms with Crippen molar-refractivity contribution in [2.24, 2.45) is 0 Å². The molecule has 1 amide bonds. The van der Waals surface area contributed by atoms with Crippen LogP contribution < -0.4 is 5.32 Å². The van der Waals surface area contributed by atoms with E-state index in [1.54, 1.807) is 27.2 Å². The maximum atomic E-state index is 12.2. The SMILES string of the molecule is CCOC(C)(C)C(=O)N[C@@H](COC)c1ccccn1. The third-order valence-corrected chi connectivity index (χ3v) is 2.74. The largest absolute Gasteiger partial charge is 0.382 e. The molecule has 0 fully saturated rings. The van der Waals surface area contributed by atoms with Gasteiger partial charge in [-0.3, -0.25) is 9.78 Å². The molecule has 0 spiro atoms.